The molecular weight excluding hydrogens is 346 g/mol. The van der Waals surface area contributed by atoms with Crippen molar-refractivity contribution in [2.75, 3.05) is 26.9 Å². The van der Waals surface area contributed by atoms with Crippen molar-refractivity contribution in [3.05, 3.63) is 12.2 Å². The van der Waals surface area contributed by atoms with E-state index in [1.54, 1.807) is 6.92 Å². The van der Waals surface area contributed by atoms with Crippen molar-refractivity contribution in [2.45, 2.75) is 77.6 Å². The molecule has 1 amide bonds. The third kappa shape index (κ3) is 17.5. The molecule has 156 valence electrons. The molecule has 0 aromatic carbocycles. The van der Waals surface area contributed by atoms with Crippen molar-refractivity contribution in [1.82, 2.24) is 5.32 Å². The first-order valence-electron chi connectivity index (χ1n) is 10.2. The predicted molar refractivity (Wildman–Crippen MR) is 106 cm³/mol. The average Bonchev–Trinajstić information content (AvgIpc) is 2.66. The monoisotopic (exact) mass is 383 g/mol. The Bertz CT molecular complexity index is 434. The Morgan fingerprint density at radius 1 is 0.852 bits per heavy atom. The number of carbonyl (C=O) groups is 3. The fourth-order valence-corrected chi connectivity index (χ4v) is 2.57. The number of esters is 1. The molecule has 6 heteroatoms. The van der Waals surface area contributed by atoms with Crippen LogP contribution in [0.2, 0.25) is 0 Å². The molecule has 0 saturated carbocycles. The van der Waals surface area contributed by atoms with Crippen LogP contribution in [0.3, 0.4) is 0 Å². The van der Waals surface area contributed by atoms with E-state index in [0.29, 0.717) is 19.6 Å². The summed E-state index contributed by atoms with van der Waals surface area (Å²) in [5, 5.41) is 2.35. The third-order valence-electron chi connectivity index (χ3n) is 4.11. The van der Waals surface area contributed by atoms with E-state index in [2.05, 4.69) is 17.5 Å². The lowest BCUT2D eigenvalue weighted by Gasteiger charge is -2.04. The van der Waals surface area contributed by atoms with Gasteiger partial charge in [-0.1, -0.05) is 37.8 Å². The van der Waals surface area contributed by atoms with Gasteiger partial charge in [0.15, 0.2) is 0 Å². The summed E-state index contributed by atoms with van der Waals surface area (Å²) in [7, 11) is 1.48. The van der Waals surface area contributed by atoms with E-state index in [4.69, 9.17) is 9.47 Å². The first kappa shape index (κ1) is 25.3. The van der Waals surface area contributed by atoms with Crippen molar-refractivity contribution in [2.24, 2.45) is 0 Å². The molecular formula is C21H37NO5. The molecule has 0 aliphatic carbocycles. The van der Waals surface area contributed by atoms with Gasteiger partial charge in [0.1, 0.15) is 6.61 Å². The molecule has 1 N–H and O–H groups in total. The highest BCUT2D eigenvalue weighted by molar-refractivity contribution is 6.36. The molecule has 0 bridgehead atoms. The van der Waals surface area contributed by atoms with Gasteiger partial charge in [-0.15, -0.1) is 0 Å². The molecule has 0 aliphatic rings. The second kappa shape index (κ2) is 19.1. The first-order valence-corrected chi connectivity index (χ1v) is 10.2. The minimum Gasteiger partial charge on any atom is -0.464 e. The van der Waals surface area contributed by atoms with Crippen LogP contribution >= 0.6 is 0 Å². The number of nitrogens with one attached hydrogen (secondary N) is 1. The molecule has 0 aliphatic heterocycles. The van der Waals surface area contributed by atoms with Gasteiger partial charge in [0.05, 0.1) is 6.61 Å². The van der Waals surface area contributed by atoms with Gasteiger partial charge < -0.3 is 14.8 Å². The van der Waals surface area contributed by atoms with Crippen LogP contribution in [-0.4, -0.2) is 44.5 Å². The molecule has 0 aromatic rings. The van der Waals surface area contributed by atoms with E-state index in [-0.39, 0.29) is 18.4 Å². The van der Waals surface area contributed by atoms with Crippen molar-refractivity contribution >= 4 is 17.7 Å². The third-order valence-corrected chi connectivity index (χ3v) is 4.11. The fourth-order valence-electron chi connectivity index (χ4n) is 2.57. The molecule has 0 fully saturated rings. The van der Waals surface area contributed by atoms with E-state index in [9.17, 15) is 14.4 Å². The molecule has 0 rings (SSSR count). The van der Waals surface area contributed by atoms with Crippen molar-refractivity contribution in [3.8, 4) is 0 Å². The summed E-state index contributed by atoms with van der Waals surface area (Å²) in [6, 6.07) is 0. The van der Waals surface area contributed by atoms with Gasteiger partial charge in [-0.2, -0.15) is 0 Å². The number of hydrogen-bond donors (Lipinski definition) is 1. The van der Waals surface area contributed by atoms with Gasteiger partial charge in [0, 0.05) is 20.1 Å². The SMILES string of the molecule is CCOC(=O)COCCCCCCC/C=C\CCCCCC(=O)C(=O)NC. The summed E-state index contributed by atoms with van der Waals surface area (Å²) in [6.45, 7) is 2.86. The highest BCUT2D eigenvalue weighted by atomic mass is 16.6. The molecule has 0 aromatic heterocycles. The van der Waals surface area contributed by atoms with E-state index in [0.717, 1.165) is 44.9 Å². The largest absolute Gasteiger partial charge is 0.464 e. The second-order valence-electron chi connectivity index (χ2n) is 6.49. The molecule has 6 nitrogen and oxygen atoms in total. The predicted octanol–water partition coefficient (Wildman–Crippen LogP) is 3.73. The summed E-state index contributed by atoms with van der Waals surface area (Å²) in [5.74, 6) is -1.10. The van der Waals surface area contributed by atoms with Gasteiger partial charge in [-0.25, -0.2) is 4.79 Å². The van der Waals surface area contributed by atoms with Crippen LogP contribution in [0.15, 0.2) is 12.2 Å². The molecule has 27 heavy (non-hydrogen) atoms. The molecule has 0 unspecified atom stereocenters. The Labute approximate surface area is 164 Å². The smallest absolute Gasteiger partial charge is 0.332 e. The number of Topliss-reactive ketones (excluding diaryl/α,β-unsaturated/α-hetero) is 1. The first-order chi connectivity index (χ1) is 13.1. The number of rotatable bonds is 18. The maximum absolute atomic E-state index is 11.3. The van der Waals surface area contributed by atoms with E-state index < -0.39 is 5.91 Å². The van der Waals surface area contributed by atoms with Crippen LogP contribution in [0.25, 0.3) is 0 Å². The summed E-state index contributed by atoms with van der Waals surface area (Å²) in [5.41, 5.74) is 0. The highest BCUT2D eigenvalue weighted by Gasteiger charge is 2.09. The van der Waals surface area contributed by atoms with Crippen LogP contribution in [0.1, 0.15) is 77.6 Å². The number of carbonyl (C=O) groups excluding carboxylic acids is 3. The number of allylic oxidation sites excluding steroid dienone is 2. The lowest BCUT2D eigenvalue weighted by molar-refractivity contribution is -0.148. The van der Waals surface area contributed by atoms with Crippen LogP contribution < -0.4 is 5.32 Å². The molecule has 0 atom stereocenters. The zero-order valence-electron chi connectivity index (χ0n) is 17.1. The van der Waals surface area contributed by atoms with Crippen molar-refractivity contribution < 1.29 is 23.9 Å². The normalized spacial score (nSPS) is 10.9. The van der Waals surface area contributed by atoms with E-state index in [1.807, 2.05) is 0 Å². The number of ketones is 1. The number of likely N-dealkylation sites (N-methyl/N-ethyl adjacent to an activating group) is 1. The Morgan fingerprint density at radius 2 is 1.44 bits per heavy atom. The molecule has 0 radical (unpaired) electrons. The molecule has 0 heterocycles. The standard InChI is InChI=1S/C21H37NO5/c1-3-27-20(24)18-26-17-15-13-11-9-7-5-4-6-8-10-12-14-16-19(23)21(25)22-2/h4,6H,3,5,7-18H2,1-2H3,(H,22,25)/b6-4-. The minimum absolute atomic E-state index is 0.0585. The van der Waals surface area contributed by atoms with Crippen molar-refractivity contribution in [1.29, 1.82) is 0 Å². The number of hydrogen-bond acceptors (Lipinski definition) is 5. The van der Waals surface area contributed by atoms with Crippen molar-refractivity contribution in [3.63, 3.8) is 0 Å². The molecule has 0 spiro atoms. The Kier molecular flexibility index (Phi) is 17.9. The minimum atomic E-state index is -0.487. The lowest BCUT2D eigenvalue weighted by Crippen LogP contribution is -2.27. The summed E-state index contributed by atoms with van der Waals surface area (Å²) < 4.78 is 10.0. The van der Waals surface area contributed by atoms with Gasteiger partial charge in [0.25, 0.3) is 5.91 Å². The zero-order valence-corrected chi connectivity index (χ0v) is 17.1. The zero-order chi connectivity index (χ0) is 20.2. The molecule has 0 saturated heterocycles. The summed E-state index contributed by atoms with van der Waals surface area (Å²) >= 11 is 0. The van der Waals surface area contributed by atoms with Crippen LogP contribution in [-0.2, 0) is 23.9 Å². The summed E-state index contributed by atoms with van der Waals surface area (Å²) in [6.07, 6.45) is 15.5. The van der Waals surface area contributed by atoms with Crippen LogP contribution in [0.5, 0.6) is 0 Å². The fraction of sp³-hybridized carbons (Fsp3) is 0.762. The topological polar surface area (TPSA) is 81.7 Å². The maximum Gasteiger partial charge on any atom is 0.332 e. The van der Waals surface area contributed by atoms with E-state index in [1.165, 1.54) is 26.3 Å². The maximum atomic E-state index is 11.3. The lowest BCUT2D eigenvalue weighted by atomic mass is 10.1. The second-order valence-corrected chi connectivity index (χ2v) is 6.49. The van der Waals surface area contributed by atoms with Gasteiger partial charge in [-0.3, -0.25) is 9.59 Å². The average molecular weight is 384 g/mol. The van der Waals surface area contributed by atoms with E-state index >= 15 is 0 Å². The number of ether oxygens (including phenoxy) is 2. The van der Waals surface area contributed by atoms with Gasteiger partial charge in [0.2, 0.25) is 5.78 Å². The van der Waals surface area contributed by atoms with Crippen LogP contribution in [0, 0.1) is 0 Å². The van der Waals surface area contributed by atoms with Crippen LogP contribution in [0.4, 0.5) is 0 Å². The van der Waals surface area contributed by atoms with Gasteiger partial charge in [-0.05, 0) is 45.4 Å². The van der Waals surface area contributed by atoms with Gasteiger partial charge >= 0.3 is 5.97 Å². The Morgan fingerprint density at radius 3 is 2.07 bits per heavy atom. The number of amides is 1. The summed E-state index contributed by atoms with van der Waals surface area (Å²) in [4.78, 5) is 33.4. The highest BCUT2D eigenvalue weighted by Crippen LogP contribution is 2.08. The Hall–Kier alpha value is -1.69. The number of unbranched alkanes of at least 4 members (excludes halogenated alkanes) is 8. The quantitative estimate of drug-likeness (QED) is 0.169. The Balaban J connectivity index is 3.26.